The van der Waals surface area contributed by atoms with Gasteiger partial charge >= 0.3 is 0 Å². The van der Waals surface area contributed by atoms with E-state index in [-0.39, 0.29) is 18.9 Å². The molecule has 0 radical (unpaired) electrons. The average Bonchev–Trinajstić information content (AvgIpc) is 2.55. The van der Waals surface area contributed by atoms with E-state index >= 15 is 0 Å². The summed E-state index contributed by atoms with van der Waals surface area (Å²) in [4.78, 5) is 16.5. The van der Waals surface area contributed by atoms with Crippen LogP contribution in [0, 0.1) is 0 Å². The van der Waals surface area contributed by atoms with Gasteiger partial charge in [0.25, 0.3) is 0 Å². The van der Waals surface area contributed by atoms with E-state index < -0.39 is 10.0 Å². The third kappa shape index (κ3) is 5.80. The normalized spacial score (nSPS) is 14.8. The molecule has 0 saturated carbocycles. The number of amides is 1. The SMILES string of the molecule is CN(C)CCCN(CCC(=O)N1CCCc2ccccc21)S(C)(=O)=O. The zero-order chi connectivity index (χ0) is 18.4. The fourth-order valence-electron chi connectivity index (χ4n) is 3.15. The van der Waals surface area contributed by atoms with E-state index in [1.54, 1.807) is 4.90 Å². The summed E-state index contributed by atoms with van der Waals surface area (Å²) in [7, 11) is 0.615. The molecule has 25 heavy (non-hydrogen) atoms. The first-order chi connectivity index (χ1) is 11.8. The Morgan fingerprint density at radius 1 is 1.16 bits per heavy atom. The van der Waals surface area contributed by atoms with Crippen molar-refractivity contribution >= 4 is 21.6 Å². The van der Waals surface area contributed by atoms with E-state index in [0.29, 0.717) is 13.1 Å². The number of sulfonamides is 1. The maximum absolute atomic E-state index is 12.7. The molecule has 6 nitrogen and oxygen atoms in total. The molecule has 1 aliphatic heterocycles. The molecule has 0 aliphatic carbocycles. The summed E-state index contributed by atoms with van der Waals surface area (Å²) in [6.07, 6.45) is 4.11. The number of para-hydroxylation sites is 1. The second kappa shape index (κ2) is 8.78. The van der Waals surface area contributed by atoms with Gasteiger partial charge in [-0.25, -0.2) is 12.7 Å². The second-order valence-electron chi connectivity index (χ2n) is 6.85. The van der Waals surface area contributed by atoms with Crippen molar-refractivity contribution in [1.82, 2.24) is 9.21 Å². The number of nitrogens with zero attached hydrogens (tertiary/aromatic N) is 3. The Balaban J connectivity index is 1.97. The van der Waals surface area contributed by atoms with Gasteiger partial charge in [0.15, 0.2) is 0 Å². The number of aryl methyl sites for hydroxylation is 1. The molecular formula is C18H29N3O3S. The highest BCUT2D eigenvalue weighted by atomic mass is 32.2. The molecule has 0 aromatic heterocycles. The van der Waals surface area contributed by atoms with Gasteiger partial charge < -0.3 is 9.80 Å². The molecule has 1 amide bonds. The van der Waals surface area contributed by atoms with Gasteiger partial charge in [0.05, 0.1) is 6.26 Å². The molecule has 1 aromatic rings. The van der Waals surface area contributed by atoms with Gasteiger partial charge in [0, 0.05) is 31.7 Å². The van der Waals surface area contributed by atoms with Crippen LogP contribution in [0.5, 0.6) is 0 Å². The Bertz CT molecular complexity index is 689. The molecule has 0 unspecified atom stereocenters. The summed E-state index contributed by atoms with van der Waals surface area (Å²) in [5.41, 5.74) is 2.16. The van der Waals surface area contributed by atoms with Gasteiger partial charge in [-0.3, -0.25) is 4.79 Å². The van der Waals surface area contributed by atoms with Gasteiger partial charge in [-0.05, 0) is 51.5 Å². The Hall–Kier alpha value is -1.44. The van der Waals surface area contributed by atoms with Crippen LogP contribution in [0.3, 0.4) is 0 Å². The van der Waals surface area contributed by atoms with Gasteiger partial charge in [-0.1, -0.05) is 18.2 Å². The lowest BCUT2D eigenvalue weighted by atomic mass is 10.0. The van der Waals surface area contributed by atoms with Crippen LogP contribution in [0.25, 0.3) is 0 Å². The first-order valence-electron chi connectivity index (χ1n) is 8.77. The molecule has 1 heterocycles. The number of hydrogen-bond acceptors (Lipinski definition) is 4. The zero-order valence-corrected chi connectivity index (χ0v) is 16.3. The van der Waals surface area contributed by atoms with Gasteiger partial charge in [0.2, 0.25) is 15.9 Å². The summed E-state index contributed by atoms with van der Waals surface area (Å²) in [5, 5.41) is 0. The number of hydrogen-bond donors (Lipinski definition) is 0. The summed E-state index contributed by atoms with van der Waals surface area (Å²) >= 11 is 0. The highest BCUT2D eigenvalue weighted by molar-refractivity contribution is 7.88. The largest absolute Gasteiger partial charge is 0.312 e. The van der Waals surface area contributed by atoms with Crippen LogP contribution in [-0.2, 0) is 21.2 Å². The summed E-state index contributed by atoms with van der Waals surface area (Å²) in [6, 6.07) is 7.95. The van der Waals surface area contributed by atoms with Crippen LogP contribution in [-0.4, -0.2) is 70.1 Å². The molecule has 0 fully saturated rings. The first kappa shape index (κ1) is 19.9. The molecule has 2 rings (SSSR count). The molecule has 0 spiro atoms. The topological polar surface area (TPSA) is 60.9 Å². The third-order valence-corrected chi connectivity index (χ3v) is 5.77. The van der Waals surface area contributed by atoms with Crippen molar-refractivity contribution < 1.29 is 13.2 Å². The lowest BCUT2D eigenvalue weighted by Crippen LogP contribution is -2.39. The molecule has 0 atom stereocenters. The summed E-state index contributed by atoms with van der Waals surface area (Å²) < 4.78 is 25.4. The Labute approximate surface area is 151 Å². The zero-order valence-electron chi connectivity index (χ0n) is 15.4. The molecular weight excluding hydrogens is 338 g/mol. The highest BCUT2D eigenvalue weighted by Crippen LogP contribution is 2.27. The number of carbonyl (C=O) groups is 1. The van der Waals surface area contributed by atoms with E-state index in [1.807, 2.05) is 37.2 Å². The smallest absolute Gasteiger partial charge is 0.228 e. The van der Waals surface area contributed by atoms with Crippen molar-refractivity contribution in [3.05, 3.63) is 29.8 Å². The fraction of sp³-hybridized carbons (Fsp3) is 0.611. The third-order valence-electron chi connectivity index (χ3n) is 4.47. The van der Waals surface area contributed by atoms with E-state index in [4.69, 9.17) is 0 Å². The van der Waals surface area contributed by atoms with Gasteiger partial charge in [0.1, 0.15) is 0 Å². The number of anilines is 1. The fourth-order valence-corrected chi connectivity index (χ4v) is 4.04. The monoisotopic (exact) mass is 367 g/mol. The van der Waals surface area contributed by atoms with Crippen molar-refractivity contribution in [2.24, 2.45) is 0 Å². The van der Waals surface area contributed by atoms with Crippen LogP contribution < -0.4 is 4.90 Å². The maximum Gasteiger partial charge on any atom is 0.228 e. The quantitative estimate of drug-likeness (QED) is 0.700. The Morgan fingerprint density at radius 2 is 1.88 bits per heavy atom. The van der Waals surface area contributed by atoms with Crippen LogP contribution in [0.2, 0.25) is 0 Å². The molecule has 0 bridgehead atoms. The highest BCUT2D eigenvalue weighted by Gasteiger charge is 2.24. The van der Waals surface area contributed by atoms with E-state index in [9.17, 15) is 13.2 Å². The number of benzene rings is 1. The lowest BCUT2D eigenvalue weighted by molar-refractivity contribution is -0.118. The molecule has 7 heteroatoms. The predicted molar refractivity (Wildman–Crippen MR) is 101 cm³/mol. The van der Waals surface area contributed by atoms with Crippen molar-refractivity contribution in [3.63, 3.8) is 0 Å². The van der Waals surface area contributed by atoms with Gasteiger partial charge in [-0.15, -0.1) is 0 Å². The number of carbonyl (C=O) groups excluding carboxylic acids is 1. The Kier molecular flexibility index (Phi) is 6.98. The molecule has 140 valence electrons. The predicted octanol–water partition coefficient (Wildman–Crippen LogP) is 1.57. The van der Waals surface area contributed by atoms with Crippen molar-refractivity contribution in [1.29, 1.82) is 0 Å². The van der Waals surface area contributed by atoms with Crippen LogP contribution in [0.4, 0.5) is 5.69 Å². The van der Waals surface area contributed by atoms with E-state index in [1.165, 1.54) is 16.1 Å². The van der Waals surface area contributed by atoms with Crippen LogP contribution in [0.15, 0.2) is 24.3 Å². The van der Waals surface area contributed by atoms with Crippen LogP contribution in [0.1, 0.15) is 24.8 Å². The van der Waals surface area contributed by atoms with Crippen molar-refractivity contribution in [3.8, 4) is 0 Å². The molecule has 0 N–H and O–H groups in total. The minimum atomic E-state index is -3.31. The maximum atomic E-state index is 12.7. The average molecular weight is 368 g/mol. The van der Waals surface area contributed by atoms with Crippen molar-refractivity contribution in [2.45, 2.75) is 25.7 Å². The standard InChI is InChI=1S/C18H29N3O3S/c1-19(2)12-7-13-20(25(3,23)24)15-11-18(22)21-14-6-9-16-8-4-5-10-17(16)21/h4-5,8,10H,6-7,9,11-15H2,1-3H3. The summed E-state index contributed by atoms with van der Waals surface area (Å²) in [5.74, 6) is -0.00610. The molecule has 1 aromatic carbocycles. The van der Waals surface area contributed by atoms with E-state index in [2.05, 4.69) is 6.07 Å². The van der Waals surface area contributed by atoms with Crippen LogP contribution >= 0.6 is 0 Å². The first-order valence-corrected chi connectivity index (χ1v) is 10.6. The second-order valence-corrected chi connectivity index (χ2v) is 8.83. The molecule has 0 saturated heterocycles. The minimum Gasteiger partial charge on any atom is -0.312 e. The summed E-state index contributed by atoms with van der Waals surface area (Å²) in [6.45, 7) is 2.21. The Morgan fingerprint density at radius 3 is 2.56 bits per heavy atom. The van der Waals surface area contributed by atoms with E-state index in [0.717, 1.165) is 31.5 Å². The van der Waals surface area contributed by atoms with Gasteiger partial charge in [-0.2, -0.15) is 0 Å². The molecule has 1 aliphatic rings. The lowest BCUT2D eigenvalue weighted by Gasteiger charge is -2.30. The number of rotatable bonds is 8. The minimum absolute atomic E-state index is 0.00610. The van der Waals surface area contributed by atoms with Crippen molar-refractivity contribution in [2.75, 3.05) is 51.4 Å². The number of fused-ring (bicyclic) bond motifs is 1.